The molecule has 2 atom stereocenters. The lowest BCUT2D eigenvalue weighted by Gasteiger charge is -2.16. The van der Waals surface area contributed by atoms with Gasteiger partial charge < -0.3 is 15.8 Å². The van der Waals surface area contributed by atoms with Crippen LogP contribution in [-0.2, 0) is 4.79 Å². The molecule has 0 radical (unpaired) electrons. The van der Waals surface area contributed by atoms with Crippen LogP contribution in [0.1, 0.15) is 31.1 Å². The van der Waals surface area contributed by atoms with Crippen LogP contribution in [0, 0.1) is 18.8 Å². The number of anilines is 1. The van der Waals surface area contributed by atoms with Crippen molar-refractivity contribution >= 4 is 22.4 Å². The van der Waals surface area contributed by atoms with Crippen molar-refractivity contribution in [3.05, 3.63) is 29.1 Å². The third kappa shape index (κ3) is 4.02. The number of nitrogens with one attached hydrogen (secondary N) is 1. The minimum atomic E-state index is 0.0168. The van der Waals surface area contributed by atoms with E-state index in [9.17, 15) is 4.79 Å². The third-order valence-electron chi connectivity index (χ3n) is 4.76. The summed E-state index contributed by atoms with van der Waals surface area (Å²) in [6.07, 6.45) is 3.04. The molecule has 0 aliphatic heterocycles. The van der Waals surface area contributed by atoms with Crippen LogP contribution in [0.2, 0.25) is 0 Å². The van der Waals surface area contributed by atoms with Gasteiger partial charge in [0.2, 0.25) is 5.91 Å². The van der Waals surface area contributed by atoms with E-state index in [2.05, 4.69) is 10.3 Å². The number of carbonyl (C=O) groups excluding carboxylic acids is 1. The maximum absolute atomic E-state index is 12.5. The number of carbonyl (C=O) groups is 1. The van der Waals surface area contributed by atoms with Crippen LogP contribution in [0.5, 0.6) is 5.75 Å². The number of hydrogen-bond donors (Lipinski definition) is 2. The molecule has 6 heteroatoms. The number of aromatic nitrogens is 1. The summed E-state index contributed by atoms with van der Waals surface area (Å²) >= 11 is 1.51. The Morgan fingerprint density at radius 1 is 1.36 bits per heavy atom. The molecule has 0 unspecified atom stereocenters. The summed E-state index contributed by atoms with van der Waals surface area (Å²) in [4.78, 5) is 18.3. The van der Waals surface area contributed by atoms with Gasteiger partial charge in [-0.2, -0.15) is 0 Å². The van der Waals surface area contributed by atoms with Gasteiger partial charge in [0.05, 0.1) is 12.3 Å². The summed E-state index contributed by atoms with van der Waals surface area (Å²) in [7, 11) is 0. The highest BCUT2D eigenvalue weighted by molar-refractivity contribution is 7.16. The topological polar surface area (TPSA) is 77.2 Å². The molecule has 1 aromatic heterocycles. The fourth-order valence-corrected chi connectivity index (χ4v) is 4.29. The minimum Gasteiger partial charge on any atom is -0.494 e. The van der Waals surface area contributed by atoms with Gasteiger partial charge in [-0.1, -0.05) is 6.42 Å². The first-order chi connectivity index (χ1) is 12.1. The molecular formula is C19H25N3O2S. The molecule has 3 rings (SSSR count). The molecule has 1 fully saturated rings. The molecule has 1 heterocycles. The number of benzene rings is 1. The summed E-state index contributed by atoms with van der Waals surface area (Å²) in [6, 6.07) is 7.89. The zero-order valence-corrected chi connectivity index (χ0v) is 15.6. The Hall–Kier alpha value is -1.92. The van der Waals surface area contributed by atoms with Crippen LogP contribution >= 0.6 is 11.3 Å². The smallest absolute Gasteiger partial charge is 0.229 e. The summed E-state index contributed by atoms with van der Waals surface area (Å²) in [6.45, 7) is 5.22. The first kappa shape index (κ1) is 17.9. The van der Waals surface area contributed by atoms with Crippen LogP contribution in [0.4, 0.5) is 5.13 Å². The average Bonchev–Trinajstić information content (AvgIpc) is 3.22. The number of ether oxygens (including phenoxy) is 1. The van der Waals surface area contributed by atoms with Gasteiger partial charge in [-0.15, -0.1) is 11.3 Å². The SMILES string of the molecule is CCOc1ccc(-c2nc(NC(=O)[C@@H]3CCC[C@@H]3CN)sc2C)cc1. The predicted octanol–water partition coefficient (Wildman–Crippen LogP) is 3.83. The normalized spacial score (nSPS) is 19.8. The van der Waals surface area contributed by atoms with E-state index in [-0.39, 0.29) is 11.8 Å². The second-order valence-corrected chi connectivity index (χ2v) is 7.61. The molecule has 1 aliphatic carbocycles. The monoisotopic (exact) mass is 359 g/mol. The van der Waals surface area contributed by atoms with Crippen molar-refractivity contribution in [1.29, 1.82) is 0 Å². The second kappa shape index (κ2) is 7.97. The van der Waals surface area contributed by atoms with E-state index >= 15 is 0 Å². The van der Waals surface area contributed by atoms with Crippen molar-refractivity contribution < 1.29 is 9.53 Å². The van der Waals surface area contributed by atoms with E-state index in [1.807, 2.05) is 38.1 Å². The summed E-state index contributed by atoms with van der Waals surface area (Å²) in [5.74, 6) is 1.22. The van der Waals surface area contributed by atoms with Gasteiger partial charge in [0.1, 0.15) is 5.75 Å². The molecule has 2 aromatic rings. The number of thiazole rings is 1. The first-order valence-electron chi connectivity index (χ1n) is 8.84. The van der Waals surface area contributed by atoms with Crippen molar-refractivity contribution in [2.75, 3.05) is 18.5 Å². The molecule has 1 saturated carbocycles. The Bertz CT molecular complexity index is 727. The Labute approximate surface area is 152 Å². The van der Waals surface area contributed by atoms with Crippen LogP contribution in [0.15, 0.2) is 24.3 Å². The molecule has 1 aliphatic rings. The Kier molecular flexibility index (Phi) is 5.71. The molecule has 3 N–H and O–H groups in total. The highest BCUT2D eigenvalue weighted by atomic mass is 32.1. The molecule has 134 valence electrons. The second-order valence-electron chi connectivity index (χ2n) is 6.40. The largest absolute Gasteiger partial charge is 0.494 e. The van der Waals surface area contributed by atoms with E-state index < -0.39 is 0 Å². The van der Waals surface area contributed by atoms with Crippen LogP contribution in [0.3, 0.4) is 0 Å². The number of aryl methyl sites for hydroxylation is 1. The maximum Gasteiger partial charge on any atom is 0.229 e. The molecule has 0 bridgehead atoms. The van der Waals surface area contributed by atoms with E-state index in [4.69, 9.17) is 10.5 Å². The number of hydrogen-bond acceptors (Lipinski definition) is 5. The van der Waals surface area contributed by atoms with E-state index in [1.165, 1.54) is 11.3 Å². The van der Waals surface area contributed by atoms with Crippen molar-refractivity contribution in [3.8, 4) is 17.0 Å². The molecular weight excluding hydrogens is 334 g/mol. The van der Waals surface area contributed by atoms with Crippen molar-refractivity contribution in [2.45, 2.75) is 33.1 Å². The summed E-state index contributed by atoms with van der Waals surface area (Å²) in [5, 5.41) is 3.66. The highest BCUT2D eigenvalue weighted by Gasteiger charge is 2.32. The van der Waals surface area contributed by atoms with E-state index in [0.717, 1.165) is 41.1 Å². The first-order valence-corrected chi connectivity index (χ1v) is 9.65. The molecule has 1 amide bonds. The van der Waals surface area contributed by atoms with Gasteiger partial charge in [0.25, 0.3) is 0 Å². The fourth-order valence-electron chi connectivity index (χ4n) is 3.46. The van der Waals surface area contributed by atoms with Crippen molar-refractivity contribution in [3.63, 3.8) is 0 Å². The number of amides is 1. The lowest BCUT2D eigenvalue weighted by Crippen LogP contribution is -2.29. The van der Waals surface area contributed by atoms with Gasteiger partial charge >= 0.3 is 0 Å². The van der Waals surface area contributed by atoms with E-state index in [1.54, 1.807) is 0 Å². The van der Waals surface area contributed by atoms with Crippen LogP contribution in [-0.4, -0.2) is 24.0 Å². The predicted molar refractivity (Wildman–Crippen MR) is 102 cm³/mol. The van der Waals surface area contributed by atoms with Crippen LogP contribution < -0.4 is 15.8 Å². The lowest BCUT2D eigenvalue weighted by molar-refractivity contribution is -0.120. The zero-order chi connectivity index (χ0) is 17.8. The molecule has 5 nitrogen and oxygen atoms in total. The van der Waals surface area contributed by atoms with E-state index in [0.29, 0.717) is 24.2 Å². The average molecular weight is 359 g/mol. The van der Waals surface area contributed by atoms with Crippen molar-refractivity contribution in [2.24, 2.45) is 17.6 Å². The molecule has 25 heavy (non-hydrogen) atoms. The fraction of sp³-hybridized carbons (Fsp3) is 0.474. The van der Waals surface area contributed by atoms with Gasteiger partial charge in [-0.05, 0) is 63.4 Å². The quantitative estimate of drug-likeness (QED) is 0.822. The van der Waals surface area contributed by atoms with Gasteiger partial charge in [-0.25, -0.2) is 4.98 Å². The van der Waals surface area contributed by atoms with Crippen LogP contribution in [0.25, 0.3) is 11.3 Å². The summed E-state index contributed by atoms with van der Waals surface area (Å²) < 4.78 is 5.48. The molecule has 0 saturated heterocycles. The van der Waals surface area contributed by atoms with Gasteiger partial charge in [0.15, 0.2) is 5.13 Å². The summed E-state index contributed by atoms with van der Waals surface area (Å²) in [5.41, 5.74) is 7.72. The van der Waals surface area contributed by atoms with Crippen molar-refractivity contribution in [1.82, 2.24) is 4.98 Å². The third-order valence-corrected chi connectivity index (χ3v) is 5.65. The van der Waals surface area contributed by atoms with Gasteiger partial charge in [-0.3, -0.25) is 4.79 Å². The highest BCUT2D eigenvalue weighted by Crippen LogP contribution is 2.34. The molecule has 1 aromatic carbocycles. The van der Waals surface area contributed by atoms with Gasteiger partial charge in [0, 0.05) is 16.4 Å². The minimum absolute atomic E-state index is 0.0168. The Morgan fingerprint density at radius 3 is 2.80 bits per heavy atom. The molecule has 0 spiro atoms. The lowest BCUT2D eigenvalue weighted by atomic mass is 9.95. The Balaban J connectivity index is 1.72. The number of nitrogens with zero attached hydrogens (tertiary/aromatic N) is 1. The standard InChI is InChI=1S/C19H25N3O2S/c1-3-24-15-9-7-13(8-10-15)17-12(2)25-19(21-17)22-18(23)16-6-4-5-14(16)11-20/h7-10,14,16H,3-6,11,20H2,1-2H3,(H,21,22,23)/t14-,16-/m1/s1. The maximum atomic E-state index is 12.5. The zero-order valence-electron chi connectivity index (χ0n) is 14.7. The number of nitrogens with two attached hydrogens (primary N) is 1. The Morgan fingerprint density at radius 2 is 2.12 bits per heavy atom. The number of rotatable bonds is 6.